The highest BCUT2D eigenvalue weighted by Crippen LogP contribution is 2.19. The van der Waals surface area contributed by atoms with Crippen molar-refractivity contribution in [2.45, 2.75) is 19.5 Å². The number of benzene rings is 1. The summed E-state index contributed by atoms with van der Waals surface area (Å²) < 4.78 is 28.8. The fourth-order valence-electron chi connectivity index (χ4n) is 1.85. The molecule has 1 unspecified atom stereocenters. The first-order chi connectivity index (χ1) is 8.68. The van der Waals surface area contributed by atoms with Gasteiger partial charge in [0.05, 0.1) is 6.54 Å². The van der Waals surface area contributed by atoms with Gasteiger partial charge < -0.3 is 5.32 Å². The number of halogens is 2. The van der Waals surface area contributed by atoms with Gasteiger partial charge in [0.1, 0.15) is 11.6 Å². The molecule has 0 amide bonds. The highest BCUT2D eigenvalue weighted by Gasteiger charge is 2.14. The van der Waals surface area contributed by atoms with Gasteiger partial charge in [0.15, 0.2) is 0 Å². The Kier molecular flexibility index (Phi) is 4.04. The van der Waals surface area contributed by atoms with Crippen molar-refractivity contribution in [3.63, 3.8) is 0 Å². The van der Waals surface area contributed by atoms with Crippen LogP contribution in [0.15, 0.2) is 36.7 Å². The summed E-state index contributed by atoms with van der Waals surface area (Å²) in [4.78, 5) is 0. The van der Waals surface area contributed by atoms with Crippen LogP contribution in [0.3, 0.4) is 0 Å². The molecule has 0 bridgehead atoms. The van der Waals surface area contributed by atoms with Crippen LogP contribution < -0.4 is 5.32 Å². The van der Waals surface area contributed by atoms with E-state index in [1.54, 1.807) is 17.8 Å². The summed E-state index contributed by atoms with van der Waals surface area (Å²) in [7, 11) is 0. The first-order valence-corrected chi connectivity index (χ1v) is 5.83. The molecule has 0 aliphatic rings. The normalized spacial score (nSPS) is 12.6. The van der Waals surface area contributed by atoms with Crippen molar-refractivity contribution in [3.05, 3.63) is 53.9 Å². The van der Waals surface area contributed by atoms with Gasteiger partial charge in [-0.3, -0.25) is 4.68 Å². The minimum Gasteiger partial charge on any atom is -0.308 e. The SMILES string of the molecule is CC(NCCn1cccn1)c1c(F)cccc1F. The van der Waals surface area contributed by atoms with E-state index in [0.29, 0.717) is 13.1 Å². The number of rotatable bonds is 5. The number of hydrogen-bond acceptors (Lipinski definition) is 2. The van der Waals surface area contributed by atoms with E-state index in [1.165, 1.54) is 18.2 Å². The maximum absolute atomic E-state index is 13.5. The van der Waals surface area contributed by atoms with E-state index in [9.17, 15) is 8.78 Å². The number of nitrogens with zero attached hydrogens (tertiary/aromatic N) is 2. The van der Waals surface area contributed by atoms with Gasteiger partial charge in [0, 0.05) is 30.5 Å². The summed E-state index contributed by atoms with van der Waals surface area (Å²) in [6.07, 6.45) is 3.54. The van der Waals surface area contributed by atoms with E-state index in [1.807, 2.05) is 12.3 Å². The van der Waals surface area contributed by atoms with Crippen LogP contribution in [0.25, 0.3) is 0 Å². The van der Waals surface area contributed by atoms with E-state index in [-0.39, 0.29) is 11.6 Å². The summed E-state index contributed by atoms with van der Waals surface area (Å²) >= 11 is 0. The summed E-state index contributed by atoms with van der Waals surface area (Å²) in [5.74, 6) is -1.04. The van der Waals surface area contributed by atoms with Crippen LogP contribution in [0.4, 0.5) is 8.78 Å². The molecule has 18 heavy (non-hydrogen) atoms. The Balaban J connectivity index is 1.93. The molecule has 0 spiro atoms. The monoisotopic (exact) mass is 251 g/mol. The maximum Gasteiger partial charge on any atom is 0.130 e. The molecule has 1 aromatic carbocycles. The largest absolute Gasteiger partial charge is 0.308 e. The third-order valence-electron chi connectivity index (χ3n) is 2.78. The molecule has 5 heteroatoms. The van der Waals surface area contributed by atoms with E-state index in [2.05, 4.69) is 10.4 Å². The quantitative estimate of drug-likeness (QED) is 0.885. The maximum atomic E-state index is 13.5. The van der Waals surface area contributed by atoms with Gasteiger partial charge in [-0.15, -0.1) is 0 Å². The highest BCUT2D eigenvalue weighted by atomic mass is 19.1. The number of aromatic nitrogens is 2. The van der Waals surface area contributed by atoms with E-state index in [0.717, 1.165) is 0 Å². The van der Waals surface area contributed by atoms with Crippen LogP contribution >= 0.6 is 0 Å². The van der Waals surface area contributed by atoms with Crippen molar-refractivity contribution < 1.29 is 8.78 Å². The molecule has 1 aromatic heterocycles. The second-order valence-corrected chi connectivity index (χ2v) is 4.08. The van der Waals surface area contributed by atoms with Crippen molar-refractivity contribution in [2.75, 3.05) is 6.54 Å². The number of hydrogen-bond donors (Lipinski definition) is 1. The summed E-state index contributed by atoms with van der Waals surface area (Å²) in [6, 6.07) is 5.36. The zero-order chi connectivity index (χ0) is 13.0. The van der Waals surface area contributed by atoms with Crippen LogP contribution in [0, 0.1) is 11.6 Å². The molecule has 1 heterocycles. The summed E-state index contributed by atoms with van der Waals surface area (Å²) in [5, 5.41) is 7.13. The second-order valence-electron chi connectivity index (χ2n) is 4.08. The fourth-order valence-corrected chi connectivity index (χ4v) is 1.85. The second kappa shape index (κ2) is 5.73. The Morgan fingerprint density at radius 3 is 2.61 bits per heavy atom. The van der Waals surface area contributed by atoms with Crippen molar-refractivity contribution >= 4 is 0 Å². The van der Waals surface area contributed by atoms with E-state index >= 15 is 0 Å². The lowest BCUT2D eigenvalue weighted by molar-refractivity contribution is 0.466. The fraction of sp³-hybridized carbons (Fsp3) is 0.308. The first-order valence-electron chi connectivity index (χ1n) is 5.83. The van der Waals surface area contributed by atoms with E-state index < -0.39 is 11.6 Å². The molecule has 3 nitrogen and oxygen atoms in total. The van der Waals surface area contributed by atoms with Gasteiger partial charge in [-0.2, -0.15) is 5.10 Å². The molecule has 0 saturated heterocycles. The molecule has 0 radical (unpaired) electrons. The average Bonchev–Trinajstić information content (AvgIpc) is 2.82. The standard InChI is InChI=1S/C13H15F2N3/c1-10(13-11(14)4-2-5-12(13)15)16-7-9-18-8-3-6-17-18/h2-6,8,10,16H,7,9H2,1H3. The molecule has 0 saturated carbocycles. The Hall–Kier alpha value is -1.75. The Morgan fingerprint density at radius 2 is 2.00 bits per heavy atom. The molecular weight excluding hydrogens is 236 g/mol. The smallest absolute Gasteiger partial charge is 0.130 e. The molecular formula is C13H15F2N3. The van der Waals surface area contributed by atoms with Crippen LogP contribution in [0.2, 0.25) is 0 Å². The molecule has 0 aliphatic heterocycles. The van der Waals surface area contributed by atoms with Crippen molar-refractivity contribution in [1.29, 1.82) is 0 Å². The summed E-state index contributed by atoms with van der Waals surface area (Å²) in [5.41, 5.74) is 0.0814. The Bertz CT molecular complexity index is 477. The van der Waals surface area contributed by atoms with Gasteiger partial charge in [-0.1, -0.05) is 6.07 Å². The molecule has 1 atom stereocenters. The molecule has 2 rings (SSSR count). The van der Waals surface area contributed by atoms with Crippen molar-refractivity contribution in [3.8, 4) is 0 Å². The molecule has 0 aliphatic carbocycles. The predicted molar refractivity (Wildman–Crippen MR) is 65.0 cm³/mol. The van der Waals surface area contributed by atoms with Crippen LogP contribution in [0.1, 0.15) is 18.5 Å². The molecule has 1 N–H and O–H groups in total. The van der Waals surface area contributed by atoms with Gasteiger partial charge in [-0.05, 0) is 25.1 Å². The van der Waals surface area contributed by atoms with Gasteiger partial charge in [0.2, 0.25) is 0 Å². The minimum absolute atomic E-state index is 0.0814. The van der Waals surface area contributed by atoms with Crippen LogP contribution in [-0.4, -0.2) is 16.3 Å². The van der Waals surface area contributed by atoms with Gasteiger partial charge in [0.25, 0.3) is 0 Å². The van der Waals surface area contributed by atoms with Crippen molar-refractivity contribution in [2.24, 2.45) is 0 Å². The van der Waals surface area contributed by atoms with Crippen LogP contribution in [-0.2, 0) is 6.54 Å². The molecule has 0 fully saturated rings. The summed E-state index contributed by atoms with van der Waals surface area (Å²) in [6.45, 7) is 2.99. The van der Waals surface area contributed by atoms with Crippen LogP contribution in [0.5, 0.6) is 0 Å². The molecule has 2 aromatic rings. The third-order valence-corrected chi connectivity index (χ3v) is 2.78. The molecule has 96 valence electrons. The highest BCUT2D eigenvalue weighted by molar-refractivity contribution is 5.22. The van der Waals surface area contributed by atoms with E-state index in [4.69, 9.17) is 0 Å². The zero-order valence-corrected chi connectivity index (χ0v) is 10.1. The first kappa shape index (κ1) is 12.7. The lowest BCUT2D eigenvalue weighted by atomic mass is 10.1. The zero-order valence-electron chi connectivity index (χ0n) is 10.1. The topological polar surface area (TPSA) is 29.9 Å². The van der Waals surface area contributed by atoms with Gasteiger partial charge in [-0.25, -0.2) is 8.78 Å². The predicted octanol–water partition coefficient (Wildman–Crippen LogP) is 2.51. The minimum atomic E-state index is -0.519. The lowest BCUT2D eigenvalue weighted by Crippen LogP contribution is -2.25. The lowest BCUT2D eigenvalue weighted by Gasteiger charge is -2.15. The third kappa shape index (κ3) is 2.92. The van der Waals surface area contributed by atoms with Gasteiger partial charge >= 0.3 is 0 Å². The van der Waals surface area contributed by atoms with Crippen molar-refractivity contribution in [1.82, 2.24) is 15.1 Å². The number of nitrogens with one attached hydrogen (secondary N) is 1. The Morgan fingerprint density at radius 1 is 1.28 bits per heavy atom. The Labute approximate surface area is 104 Å². The average molecular weight is 251 g/mol.